The van der Waals surface area contributed by atoms with Gasteiger partial charge >= 0.3 is 0 Å². The molecule has 4 aliphatic rings. The van der Waals surface area contributed by atoms with Crippen LogP contribution in [0.15, 0.2) is 41.3 Å². The van der Waals surface area contributed by atoms with Gasteiger partial charge in [-0.2, -0.15) is 0 Å². The van der Waals surface area contributed by atoms with E-state index in [1.54, 1.807) is 24.4 Å². The van der Waals surface area contributed by atoms with Crippen LogP contribution in [0.5, 0.6) is 5.75 Å². The average molecular weight is 475 g/mol. The van der Waals surface area contributed by atoms with Crippen molar-refractivity contribution in [3.8, 4) is 17.0 Å². The zero-order chi connectivity index (χ0) is 23.3. The lowest BCUT2D eigenvalue weighted by Gasteiger charge is -2.57. The SMILES string of the molecule is COc1ccc(SC)cc1-c1[nH]c2ccc(C34CC5CC(CC(C5)C3)C4)cc2c1CCCCN. The molecule has 0 saturated heterocycles. The molecule has 3 nitrogen and oxygen atoms in total. The third-order valence-corrected chi connectivity index (χ3v) is 9.84. The van der Waals surface area contributed by atoms with Gasteiger partial charge in [-0.25, -0.2) is 0 Å². The summed E-state index contributed by atoms with van der Waals surface area (Å²) in [6.45, 7) is 0.751. The quantitative estimate of drug-likeness (QED) is 0.266. The Labute approximate surface area is 208 Å². The second-order valence-corrected chi connectivity index (χ2v) is 12.1. The van der Waals surface area contributed by atoms with Gasteiger partial charge in [-0.15, -0.1) is 11.8 Å². The van der Waals surface area contributed by atoms with E-state index in [1.165, 1.54) is 71.1 Å². The van der Waals surface area contributed by atoms with Crippen LogP contribution in [0.1, 0.15) is 62.5 Å². The van der Waals surface area contributed by atoms with Crippen molar-refractivity contribution in [3.05, 3.63) is 47.5 Å². The third kappa shape index (κ3) is 3.78. The minimum atomic E-state index is 0.422. The minimum Gasteiger partial charge on any atom is -0.496 e. The first kappa shape index (κ1) is 22.5. The van der Waals surface area contributed by atoms with E-state index in [2.05, 4.69) is 47.6 Å². The molecule has 0 spiro atoms. The molecular formula is C30H38N2OS. The summed E-state index contributed by atoms with van der Waals surface area (Å²) in [4.78, 5) is 5.07. The number of aromatic nitrogens is 1. The highest BCUT2D eigenvalue weighted by Crippen LogP contribution is 2.61. The van der Waals surface area contributed by atoms with Crippen LogP contribution in [0.2, 0.25) is 0 Å². The van der Waals surface area contributed by atoms with Crippen LogP contribution >= 0.6 is 11.8 Å². The molecular weight excluding hydrogens is 436 g/mol. The van der Waals surface area contributed by atoms with Gasteiger partial charge in [-0.3, -0.25) is 0 Å². The van der Waals surface area contributed by atoms with E-state index in [4.69, 9.17) is 10.5 Å². The molecule has 34 heavy (non-hydrogen) atoms. The van der Waals surface area contributed by atoms with Crippen molar-refractivity contribution in [3.63, 3.8) is 0 Å². The second kappa shape index (κ2) is 8.95. The Morgan fingerprint density at radius 2 is 1.74 bits per heavy atom. The summed E-state index contributed by atoms with van der Waals surface area (Å²) in [6.07, 6.45) is 14.1. The maximum atomic E-state index is 5.88. The molecule has 0 atom stereocenters. The number of ether oxygens (including phenoxy) is 1. The number of thioether (sulfide) groups is 1. The number of H-pyrrole nitrogens is 1. The summed E-state index contributed by atoms with van der Waals surface area (Å²) in [5.41, 5.74) is 13.0. The maximum absolute atomic E-state index is 5.88. The fourth-order valence-corrected chi connectivity index (χ4v) is 8.43. The topological polar surface area (TPSA) is 51.0 Å². The van der Waals surface area contributed by atoms with Crippen LogP contribution in [0, 0.1) is 17.8 Å². The van der Waals surface area contributed by atoms with Gasteiger partial charge in [0.25, 0.3) is 0 Å². The van der Waals surface area contributed by atoms with Crippen LogP contribution in [-0.2, 0) is 11.8 Å². The number of nitrogens with one attached hydrogen (secondary N) is 1. The Morgan fingerprint density at radius 1 is 1.00 bits per heavy atom. The monoisotopic (exact) mass is 474 g/mol. The lowest BCUT2D eigenvalue weighted by molar-refractivity contribution is -0.00513. The molecule has 0 amide bonds. The molecule has 4 fully saturated rings. The standard InChI is InChI=1S/C30H38N2OS/c1-33-28-9-7-23(34-2)15-26(28)29-24(5-3-4-10-31)25-14-22(6-8-27(25)32-29)30-16-19-11-20(17-30)13-21(12-19)18-30/h6-9,14-15,19-21,32H,3-5,10-13,16-18,31H2,1-2H3. The van der Waals surface area contributed by atoms with E-state index in [-0.39, 0.29) is 0 Å². The van der Waals surface area contributed by atoms with Crippen LogP contribution in [0.25, 0.3) is 22.2 Å². The zero-order valence-electron chi connectivity index (χ0n) is 20.7. The molecule has 1 aromatic heterocycles. The van der Waals surface area contributed by atoms with Gasteiger partial charge in [0.2, 0.25) is 0 Å². The first-order valence-electron chi connectivity index (χ1n) is 13.2. The van der Waals surface area contributed by atoms with Crippen molar-refractivity contribution in [1.29, 1.82) is 0 Å². The summed E-state index contributed by atoms with van der Waals surface area (Å²) in [5.74, 6) is 3.83. The van der Waals surface area contributed by atoms with Crippen molar-refractivity contribution in [1.82, 2.24) is 4.98 Å². The van der Waals surface area contributed by atoms with Crippen molar-refractivity contribution < 1.29 is 4.74 Å². The summed E-state index contributed by atoms with van der Waals surface area (Å²) in [7, 11) is 1.78. The first-order valence-corrected chi connectivity index (χ1v) is 14.4. The molecule has 4 aliphatic carbocycles. The lowest BCUT2D eigenvalue weighted by atomic mass is 9.48. The van der Waals surface area contributed by atoms with E-state index in [1.807, 2.05) is 0 Å². The molecule has 3 aromatic rings. The van der Waals surface area contributed by atoms with E-state index < -0.39 is 0 Å². The summed E-state index contributed by atoms with van der Waals surface area (Å²) < 4.78 is 5.81. The molecule has 4 bridgehead atoms. The maximum Gasteiger partial charge on any atom is 0.128 e. The van der Waals surface area contributed by atoms with Gasteiger partial charge in [0.1, 0.15) is 5.75 Å². The van der Waals surface area contributed by atoms with Crippen molar-refractivity contribution >= 4 is 22.7 Å². The number of methoxy groups -OCH3 is 1. The van der Waals surface area contributed by atoms with Gasteiger partial charge in [0, 0.05) is 21.4 Å². The lowest BCUT2D eigenvalue weighted by Crippen LogP contribution is -2.48. The van der Waals surface area contributed by atoms with Gasteiger partial charge in [0.05, 0.1) is 12.8 Å². The zero-order valence-corrected chi connectivity index (χ0v) is 21.5. The summed E-state index contributed by atoms with van der Waals surface area (Å²) >= 11 is 1.78. The summed E-state index contributed by atoms with van der Waals surface area (Å²) in [6, 6.07) is 13.9. The highest BCUT2D eigenvalue weighted by Gasteiger charge is 2.51. The Balaban J connectivity index is 1.48. The van der Waals surface area contributed by atoms with Gasteiger partial charge < -0.3 is 15.5 Å². The van der Waals surface area contributed by atoms with Gasteiger partial charge in [-0.05, 0) is 135 Å². The molecule has 180 valence electrons. The van der Waals surface area contributed by atoms with E-state index in [9.17, 15) is 0 Å². The molecule has 3 N–H and O–H groups in total. The molecule has 2 aromatic carbocycles. The number of nitrogens with two attached hydrogens (primary N) is 1. The normalized spacial score (nSPS) is 27.6. The number of aromatic amines is 1. The molecule has 1 heterocycles. The number of hydrogen-bond donors (Lipinski definition) is 2. The predicted molar refractivity (Wildman–Crippen MR) is 144 cm³/mol. The van der Waals surface area contributed by atoms with Crippen LogP contribution in [0.3, 0.4) is 0 Å². The molecule has 0 aliphatic heterocycles. The largest absolute Gasteiger partial charge is 0.496 e. The Morgan fingerprint density at radius 3 is 2.38 bits per heavy atom. The van der Waals surface area contributed by atoms with E-state index >= 15 is 0 Å². The molecule has 0 unspecified atom stereocenters. The van der Waals surface area contributed by atoms with Gasteiger partial charge in [-0.1, -0.05) is 6.07 Å². The molecule has 7 rings (SSSR count). The minimum absolute atomic E-state index is 0.422. The number of unbranched alkanes of at least 4 members (excludes halogenated alkanes) is 1. The average Bonchev–Trinajstić information content (AvgIpc) is 3.20. The number of fused-ring (bicyclic) bond motifs is 1. The first-order chi connectivity index (χ1) is 16.6. The molecule has 4 saturated carbocycles. The highest BCUT2D eigenvalue weighted by molar-refractivity contribution is 7.98. The van der Waals surface area contributed by atoms with Crippen molar-refractivity contribution in [2.45, 2.75) is 68.1 Å². The van der Waals surface area contributed by atoms with Crippen molar-refractivity contribution in [2.75, 3.05) is 19.9 Å². The number of aryl methyl sites for hydroxylation is 1. The van der Waals surface area contributed by atoms with Crippen molar-refractivity contribution in [2.24, 2.45) is 23.5 Å². The third-order valence-electron chi connectivity index (χ3n) is 9.11. The Hall–Kier alpha value is -1.91. The van der Waals surface area contributed by atoms with Crippen LogP contribution in [-0.4, -0.2) is 24.9 Å². The van der Waals surface area contributed by atoms with Gasteiger partial charge in [0.15, 0.2) is 0 Å². The fraction of sp³-hybridized carbons (Fsp3) is 0.533. The smallest absolute Gasteiger partial charge is 0.128 e. The Bertz CT molecular complexity index is 1160. The number of benzene rings is 2. The van der Waals surface area contributed by atoms with E-state index in [0.29, 0.717) is 5.41 Å². The number of rotatable bonds is 8. The van der Waals surface area contributed by atoms with E-state index in [0.717, 1.165) is 49.3 Å². The number of hydrogen-bond acceptors (Lipinski definition) is 3. The fourth-order valence-electron chi connectivity index (χ4n) is 7.99. The second-order valence-electron chi connectivity index (χ2n) is 11.2. The summed E-state index contributed by atoms with van der Waals surface area (Å²) in [5, 5.41) is 1.41. The van der Waals surface area contributed by atoms with Crippen LogP contribution < -0.4 is 10.5 Å². The predicted octanol–water partition coefficient (Wildman–Crippen LogP) is 7.31. The molecule has 0 radical (unpaired) electrons. The Kier molecular flexibility index (Phi) is 5.93. The van der Waals surface area contributed by atoms with Crippen LogP contribution in [0.4, 0.5) is 0 Å². The highest BCUT2D eigenvalue weighted by atomic mass is 32.2. The molecule has 4 heteroatoms.